The number of ether oxygens (including phenoxy) is 1. The first-order valence-electron chi connectivity index (χ1n) is 9.54. The molecule has 0 aliphatic heterocycles. The van der Waals surface area contributed by atoms with Crippen molar-refractivity contribution in [1.82, 2.24) is 0 Å². The highest BCUT2D eigenvalue weighted by Crippen LogP contribution is 2.11. The maximum atomic E-state index is 11.5. The maximum absolute atomic E-state index is 11.5. The summed E-state index contributed by atoms with van der Waals surface area (Å²) in [5.41, 5.74) is 0. The van der Waals surface area contributed by atoms with E-state index in [2.05, 4.69) is 6.92 Å². The van der Waals surface area contributed by atoms with Crippen LogP contribution >= 0.6 is 0 Å². The zero-order valence-electron chi connectivity index (χ0n) is 15.0. The van der Waals surface area contributed by atoms with Crippen LogP contribution in [-0.4, -0.2) is 23.7 Å². The number of carbonyl (C=O) groups excluding carboxylic acids is 1. The lowest BCUT2D eigenvalue weighted by Crippen LogP contribution is -2.05. The summed E-state index contributed by atoms with van der Waals surface area (Å²) < 4.78 is 5.23. The van der Waals surface area contributed by atoms with Crippen LogP contribution in [-0.2, 0) is 14.3 Å². The van der Waals surface area contributed by atoms with Crippen LogP contribution in [0, 0.1) is 0 Å². The fraction of sp³-hybridized carbons (Fsp3) is 0.895. The lowest BCUT2D eigenvalue weighted by atomic mass is 10.1. The number of unbranched alkanes of at least 4 members (excludes halogenated alkanes) is 11. The molecule has 0 saturated heterocycles. The van der Waals surface area contributed by atoms with E-state index in [-0.39, 0.29) is 5.97 Å². The number of carboxylic acids is 1. The van der Waals surface area contributed by atoms with Crippen molar-refractivity contribution < 1.29 is 19.4 Å². The molecule has 0 bridgehead atoms. The molecule has 0 spiro atoms. The lowest BCUT2D eigenvalue weighted by molar-refractivity contribution is -0.144. The first-order valence-corrected chi connectivity index (χ1v) is 9.54. The normalized spacial score (nSPS) is 10.7. The van der Waals surface area contributed by atoms with E-state index in [1.165, 1.54) is 32.1 Å². The van der Waals surface area contributed by atoms with E-state index in [4.69, 9.17) is 9.84 Å². The third-order valence-electron chi connectivity index (χ3n) is 4.03. The standard InChI is InChI=1S/C19H36O4/c1-2-3-4-11-14-17-23-19(22)16-13-10-8-6-5-7-9-12-15-18(20)21/h2-17H2,1H3,(H,20,21). The fourth-order valence-corrected chi connectivity index (χ4v) is 2.57. The van der Waals surface area contributed by atoms with Crippen LogP contribution in [0.25, 0.3) is 0 Å². The Morgan fingerprint density at radius 3 is 1.74 bits per heavy atom. The number of carbonyl (C=O) groups is 2. The number of rotatable bonds is 17. The van der Waals surface area contributed by atoms with Crippen LogP contribution < -0.4 is 0 Å². The average molecular weight is 328 g/mol. The van der Waals surface area contributed by atoms with Gasteiger partial charge in [-0.1, -0.05) is 71.1 Å². The van der Waals surface area contributed by atoms with Crippen molar-refractivity contribution >= 4 is 11.9 Å². The summed E-state index contributed by atoms with van der Waals surface area (Å²) in [7, 11) is 0. The van der Waals surface area contributed by atoms with Crippen molar-refractivity contribution in [3.63, 3.8) is 0 Å². The fourth-order valence-electron chi connectivity index (χ4n) is 2.57. The second-order valence-corrected chi connectivity index (χ2v) is 6.36. The molecule has 23 heavy (non-hydrogen) atoms. The van der Waals surface area contributed by atoms with Gasteiger partial charge in [-0.25, -0.2) is 0 Å². The van der Waals surface area contributed by atoms with Gasteiger partial charge in [0.05, 0.1) is 6.61 Å². The van der Waals surface area contributed by atoms with Crippen molar-refractivity contribution in [2.45, 2.75) is 103 Å². The first kappa shape index (κ1) is 21.9. The van der Waals surface area contributed by atoms with Crippen molar-refractivity contribution in [3.8, 4) is 0 Å². The van der Waals surface area contributed by atoms with Gasteiger partial charge in [0.15, 0.2) is 0 Å². The largest absolute Gasteiger partial charge is 0.481 e. The Kier molecular flexibility index (Phi) is 16.5. The van der Waals surface area contributed by atoms with Gasteiger partial charge in [0.25, 0.3) is 0 Å². The number of hydrogen-bond donors (Lipinski definition) is 1. The number of esters is 1. The summed E-state index contributed by atoms with van der Waals surface area (Å²) in [6.07, 6.45) is 15.2. The predicted molar refractivity (Wildman–Crippen MR) is 93.5 cm³/mol. The zero-order chi connectivity index (χ0) is 17.2. The monoisotopic (exact) mass is 328 g/mol. The molecular weight excluding hydrogens is 292 g/mol. The predicted octanol–water partition coefficient (Wildman–Crippen LogP) is 5.49. The summed E-state index contributed by atoms with van der Waals surface area (Å²) in [6, 6.07) is 0. The van der Waals surface area contributed by atoms with Gasteiger partial charge in [-0.3, -0.25) is 9.59 Å². The minimum absolute atomic E-state index is 0.0471. The van der Waals surface area contributed by atoms with Gasteiger partial charge < -0.3 is 9.84 Å². The van der Waals surface area contributed by atoms with Gasteiger partial charge in [0.2, 0.25) is 0 Å². The van der Waals surface area contributed by atoms with Crippen molar-refractivity contribution in [1.29, 1.82) is 0 Å². The Morgan fingerprint density at radius 2 is 1.17 bits per heavy atom. The van der Waals surface area contributed by atoms with Gasteiger partial charge >= 0.3 is 11.9 Å². The molecule has 136 valence electrons. The molecule has 0 aromatic heterocycles. The Morgan fingerprint density at radius 1 is 0.696 bits per heavy atom. The summed E-state index contributed by atoms with van der Waals surface area (Å²) in [5.74, 6) is -0.744. The molecule has 0 heterocycles. The summed E-state index contributed by atoms with van der Waals surface area (Å²) in [5, 5.41) is 8.52. The molecule has 1 N–H and O–H groups in total. The molecule has 0 rings (SSSR count). The molecule has 0 saturated carbocycles. The Hall–Kier alpha value is -1.06. The third kappa shape index (κ3) is 18.9. The Labute approximate surface area is 142 Å². The van der Waals surface area contributed by atoms with E-state index in [0.29, 0.717) is 19.4 Å². The van der Waals surface area contributed by atoms with Gasteiger partial charge in [-0.05, 0) is 19.3 Å². The van der Waals surface area contributed by atoms with Crippen LogP contribution in [0.5, 0.6) is 0 Å². The van der Waals surface area contributed by atoms with E-state index in [1.807, 2.05) is 0 Å². The van der Waals surface area contributed by atoms with Crippen LogP contribution in [0.15, 0.2) is 0 Å². The molecule has 0 radical (unpaired) electrons. The molecule has 0 aromatic rings. The number of hydrogen-bond acceptors (Lipinski definition) is 3. The second-order valence-electron chi connectivity index (χ2n) is 6.36. The van der Waals surface area contributed by atoms with Crippen molar-refractivity contribution in [2.75, 3.05) is 6.61 Å². The Balaban J connectivity index is 3.16. The maximum Gasteiger partial charge on any atom is 0.305 e. The van der Waals surface area contributed by atoms with Gasteiger partial charge in [0, 0.05) is 12.8 Å². The molecule has 0 amide bonds. The third-order valence-corrected chi connectivity index (χ3v) is 4.03. The molecule has 4 nitrogen and oxygen atoms in total. The minimum Gasteiger partial charge on any atom is -0.481 e. The second kappa shape index (κ2) is 17.3. The summed E-state index contributed by atoms with van der Waals surface area (Å²) >= 11 is 0. The number of aliphatic carboxylic acids is 1. The van der Waals surface area contributed by atoms with Crippen molar-refractivity contribution in [2.24, 2.45) is 0 Å². The Bertz CT molecular complexity index is 289. The molecule has 0 unspecified atom stereocenters. The average Bonchev–Trinajstić information content (AvgIpc) is 2.52. The SMILES string of the molecule is CCCCCCCOC(=O)CCCCCCCCCCC(=O)O. The van der Waals surface area contributed by atoms with E-state index in [0.717, 1.165) is 51.4 Å². The van der Waals surface area contributed by atoms with Crippen LogP contribution in [0.2, 0.25) is 0 Å². The smallest absolute Gasteiger partial charge is 0.305 e. The lowest BCUT2D eigenvalue weighted by Gasteiger charge is -2.05. The van der Waals surface area contributed by atoms with E-state index < -0.39 is 5.97 Å². The molecule has 0 fully saturated rings. The zero-order valence-corrected chi connectivity index (χ0v) is 15.0. The molecule has 0 aromatic carbocycles. The van der Waals surface area contributed by atoms with Gasteiger partial charge in [-0.15, -0.1) is 0 Å². The molecular formula is C19H36O4. The van der Waals surface area contributed by atoms with Crippen LogP contribution in [0.1, 0.15) is 103 Å². The van der Waals surface area contributed by atoms with E-state index >= 15 is 0 Å². The number of carboxylic acid groups (broad SMARTS) is 1. The minimum atomic E-state index is -0.696. The summed E-state index contributed by atoms with van der Waals surface area (Å²) in [6.45, 7) is 2.78. The highest BCUT2D eigenvalue weighted by Gasteiger charge is 2.02. The van der Waals surface area contributed by atoms with Gasteiger partial charge in [0.1, 0.15) is 0 Å². The summed E-state index contributed by atoms with van der Waals surface area (Å²) in [4.78, 5) is 21.9. The van der Waals surface area contributed by atoms with Crippen LogP contribution in [0.4, 0.5) is 0 Å². The molecule has 0 aliphatic carbocycles. The van der Waals surface area contributed by atoms with E-state index in [9.17, 15) is 9.59 Å². The van der Waals surface area contributed by atoms with Gasteiger partial charge in [-0.2, -0.15) is 0 Å². The van der Waals surface area contributed by atoms with Crippen LogP contribution in [0.3, 0.4) is 0 Å². The quantitative estimate of drug-likeness (QED) is 0.283. The van der Waals surface area contributed by atoms with Crippen molar-refractivity contribution in [3.05, 3.63) is 0 Å². The molecule has 0 atom stereocenters. The topological polar surface area (TPSA) is 63.6 Å². The highest BCUT2D eigenvalue weighted by atomic mass is 16.5. The van der Waals surface area contributed by atoms with E-state index in [1.54, 1.807) is 0 Å². The first-order chi connectivity index (χ1) is 11.2. The molecule has 0 aliphatic rings. The molecule has 4 heteroatoms. The highest BCUT2D eigenvalue weighted by molar-refractivity contribution is 5.69.